The molecule has 0 nitrogen and oxygen atoms in total. The standard InChI is InChI=1S/C4H6Cl2S2/c1-3(7)8-4(2,5)6/h1-2H3. The minimum Gasteiger partial charge on any atom is -0.0894 e. The number of halogens is 2. The van der Waals surface area contributed by atoms with Gasteiger partial charge in [0.05, 0.1) is 0 Å². The average Bonchev–Trinajstić information content (AvgIpc) is 1.21. The van der Waals surface area contributed by atoms with Crippen molar-refractivity contribution in [2.75, 3.05) is 0 Å². The van der Waals surface area contributed by atoms with Crippen molar-refractivity contribution in [2.45, 2.75) is 17.5 Å². The monoisotopic (exact) mass is 188 g/mol. The molecule has 0 rings (SSSR count). The lowest BCUT2D eigenvalue weighted by Gasteiger charge is -2.09. The molecule has 0 spiro atoms. The van der Waals surface area contributed by atoms with Crippen molar-refractivity contribution in [3.05, 3.63) is 0 Å². The highest BCUT2D eigenvalue weighted by molar-refractivity contribution is 8.25. The van der Waals surface area contributed by atoms with Crippen molar-refractivity contribution >= 4 is 51.4 Å². The van der Waals surface area contributed by atoms with Gasteiger partial charge in [0.2, 0.25) is 0 Å². The van der Waals surface area contributed by atoms with Gasteiger partial charge < -0.3 is 0 Å². The van der Waals surface area contributed by atoms with E-state index in [1.807, 2.05) is 0 Å². The SMILES string of the molecule is CC(=S)SC(C)(Cl)Cl. The molecule has 0 bridgehead atoms. The zero-order valence-electron chi connectivity index (χ0n) is 4.57. The Morgan fingerprint density at radius 1 is 1.62 bits per heavy atom. The minimum atomic E-state index is -0.758. The molecule has 0 aliphatic carbocycles. The zero-order valence-corrected chi connectivity index (χ0v) is 7.72. The summed E-state index contributed by atoms with van der Waals surface area (Å²) in [5, 5.41) is 0. The second-order valence-corrected chi connectivity index (χ2v) is 6.06. The summed E-state index contributed by atoms with van der Waals surface area (Å²) < 4.78 is 0.00347. The quantitative estimate of drug-likeness (QED) is 0.458. The van der Waals surface area contributed by atoms with Crippen LogP contribution in [-0.4, -0.2) is 7.86 Å². The Balaban J connectivity index is 3.55. The number of rotatable bonds is 1. The molecule has 0 atom stereocenters. The van der Waals surface area contributed by atoms with Crippen LogP contribution in [0, 0.1) is 0 Å². The molecule has 0 unspecified atom stereocenters. The third kappa shape index (κ3) is 7.02. The molecule has 0 radical (unpaired) electrons. The van der Waals surface area contributed by atoms with E-state index in [4.69, 9.17) is 35.4 Å². The van der Waals surface area contributed by atoms with Crippen molar-refractivity contribution in [1.82, 2.24) is 0 Å². The van der Waals surface area contributed by atoms with Crippen LogP contribution >= 0.6 is 47.2 Å². The molecule has 8 heavy (non-hydrogen) atoms. The van der Waals surface area contributed by atoms with Crippen molar-refractivity contribution in [3.8, 4) is 0 Å². The van der Waals surface area contributed by atoms with Gasteiger partial charge in [-0.05, 0) is 13.8 Å². The summed E-state index contributed by atoms with van der Waals surface area (Å²) in [5.41, 5.74) is 0. The summed E-state index contributed by atoms with van der Waals surface area (Å²) in [5.74, 6) is 0. The van der Waals surface area contributed by atoms with Crippen molar-refractivity contribution in [3.63, 3.8) is 0 Å². The summed E-state index contributed by atoms with van der Waals surface area (Å²) in [4.78, 5) is 0. The molecule has 0 aliphatic heterocycles. The highest BCUT2D eigenvalue weighted by Gasteiger charge is 2.16. The van der Waals surface area contributed by atoms with Crippen LogP contribution in [0.3, 0.4) is 0 Å². The Kier molecular flexibility index (Phi) is 3.67. The number of hydrogen-bond donors (Lipinski definition) is 0. The fourth-order valence-corrected chi connectivity index (χ4v) is 2.23. The first-order valence-electron chi connectivity index (χ1n) is 1.99. The Morgan fingerprint density at radius 3 is 2.00 bits per heavy atom. The Bertz CT molecular complexity index is 94.7. The summed E-state index contributed by atoms with van der Waals surface area (Å²) in [6.45, 7) is 3.49. The van der Waals surface area contributed by atoms with E-state index in [-0.39, 0.29) is 0 Å². The van der Waals surface area contributed by atoms with Gasteiger partial charge in [0.25, 0.3) is 0 Å². The van der Waals surface area contributed by atoms with Crippen LogP contribution < -0.4 is 0 Å². The summed E-state index contributed by atoms with van der Waals surface area (Å²) in [6.07, 6.45) is 0. The largest absolute Gasteiger partial charge is 0.165 e. The molecule has 0 fully saturated rings. The summed E-state index contributed by atoms with van der Waals surface area (Å²) >= 11 is 17.1. The molecule has 0 aromatic rings. The fraction of sp³-hybridized carbons (Fsp3) is 0.750. The maximum Gasteiger partial charge on any atom is 0.165 e. The van der Waals surface area contributed by atoms with Gasteiger partial charge in [-0.1, -0.05) is 47.2 Å². The third-order valence-electron chi connectivity index (χ3n) is 0.323. The molecular weight excluding hydrogens is 183 g/mol. The molecule has 0 aliphatic rings. The maximum absolute atomic E-state index is 5.57. The van der Waals surface area contributed by atoms with Crippen LogP contribution in [0.25, 0.3) is 0 Å². The smallest absolute Gasteiger partial charge is 0.0894 e. The van der Waals surface area contributed by atoms with Gasteiger partial charge in [-0.2, -0.15) is 0 Å². The number of thiocarbonyl (C=S) groups is 1. The first-order chi connectivity index (χ1) is 3.42. The minimum absolute atomic E-state index is 0.758. The highest BCUT2D eigenvalue weighted by Crippen LogP contribution is 2.34. The van der Waals surface area contributed by atoms with Crippen molar-refractivity contribution < 1.29 is 0 Å². The van der Waals surface area contributed by atoms with Gasteiger partial charge in [0.15, 0.2) is 3.67 Å². The maximum atomic E-state index is 5.57. The molecule has 0 N–H and O–H groups in total. The summed E-state index contributed by atoms with van der Waals surface area (Å²) in [6, 6.07) is 0. The lowest BCUT2D eigenvalue weighted by molar-refractivity contribution is 1.30. The predicted octanol–water partition coefficient (Wildman–Crippen LogP) is 3.22. The van der Waals surface area contributed by atoms with Crippen molar-refractivity contribution in [1.29, 1.82) is 0 Å². The number of alkyl halides is 2. The molecule has 0 saturated heterocycles. The molecule has 0 aromatic carbocycles. The van der Waals surface area contributed by atoms with E-state index in [1.165, 1.54) is 11.8 Å². The van der Waals surface area contributed by atoms with E-state index in [9.17, 15) is 0 Å². The third-order valence-corrected chi connectivity index (χ3v) is 1.68. The van der Waals surface area contributed by atoms with E-state index in [1.54, 1.807) is 13.8 Å². The molecule has 4 heteroatoms. The first kappa shape index (κ1) is 9.02. The lowest BCUT2D eigenvalue weighted by Crippen LogP contribution is -2.00. The molecule has 48 valence electrons. The molecular formula is C4H6Cl2S2. The number of hydrogen-bond acceptors (Lipinski definition) is 2. The molecule has 0 amide bonds. The molecule has 0 saturated carbocycles. The Labute approximate surface area is 68.9 Å². The van der Waals surface area contributed by atoms with Crippen LogP contribution in [0.5, 0.6) is 0 Å². The van der Waals surface area contributed by atoms with Crippen LogP contribution in [0.4, 0.5) is 0 Å². The van der Waals surface area contributed by atoms with Gasteiger partial charge in [0, 0.05) is 4.20 Å². The topological polar surface area (TPSA) is 0 Å². The molecule has 0 aromatic heterocycles. The summed E-state index contributed by atoms with van der Waals surface area (Å²) in [7, 11) is 0. The van der Waals surface area contributed by atoms with E-state index < -0.39 is 3.67 Å². The van der Waals surface area contributed by atoms with Gasteiger partial charge >= 0.3 is 0 Å². The van der Waals surface area contributed by atoms with Crippen LogP contribution in [0.15, 0.2) is 0 Å². The van der Waals surface area contributed by atoms with E-state index in [0.29, 0.717) is 0 Å². The van der Waals surface area contributed by atoms with Crippen LogP contribution in [-0.2, 0) is 0 Å². The normalized spacial score (nSPS) is 11.5. The highest BCUT2D eigenvalue weighted by atomic mass is 35.5. The lowest BCUT2D eigenvalue weighted by atomic mass is 10.9. The Morgan fingerprint density at radius 2 is 2.00 bits per heavy atom. The van der Waals surface area contributed by atoms with Crippen LogP contribution in [0.2, 0.25) is 0 Å². The van der Waals surface area contributed by atoms with Gasteiger partial charge in [-0.25, -0.2) is 0 Å². The van der Waals surface area contributed by atoms with Gasteiger partial charge in [-0.3, -0.25) is 0 Å². The molecule has 0 heterocycles. The average molecular weight is 189 g/mol. The van der Waals surface area contributed by atoms with Crippen molar-refractivity contribution in [2.24, 2.45) is 0 Å². The van der Waals surface area contributed by atoms with E-state index in [0.717, 1.165) is 4.20 Å². The second kappa shape index (κ2) is 3.25. The van der Waals surface area contributed by atoms with Gasteiger partial charge in [0.1, 0.15) is 0 Å². The van der Waals surface area contributed by atoms with E-state index >= 15 is 0 Å². The zero-order chi connectivity index (χ0) is 6.78. The number of thioether (sulfide) groups is 1. The predicted molar refractivity (Wildman–Crippen MR) is 46.0 cm³/mol. The van der Waals surface area contributed by atoms with Crippen LogP contribution in [0.1, 0.15) is 13.8 Å². The van der Waals surface area contributed by atoms with E-state index in [2.05, 4.69) is 0 Å². The fourth-order valence-electron chi connectivity index (χ4n) is 0.252. The Hall–Kier alpha value is 1.02. The second-order valence-electron chi connectivity index (χ2n) is 1.40. The first-order valence-corrected chi connectivity index (χ1v) is 3.97. The van der Waals surface area contributed by atoms with Gasteiger partial charge in [-0.15, -0.1) is 0 Å².